The third kappa shape index (κ3) is 1.46. The predicted octanol–water partition coefficient (Wildman–Crippen LogP) is 2.86. The molecule has 0 aliphatic carbocycles. The Balaban J connectivity index is 1.95. The molecule has 0 saturated heterocycles. The second kappa shape index (κ2) is 4.31. The summed E-state index contributed by atoms with van der Waals surface area (Å²) in [4.78, 5) is 29.1. The van der Waals surface area contributed by atoms with Crippen LogP contribution in [0.3, 0.4) is 0 Å². The number of hydrogen-bond donors (Lipinski definition) is 0. The van der Waals surface area contributed by atoms with E-state index in [4.69, 9.17) is 0 Å². The molecule has 0 N–H and O–H groups in total. The lowest BCUT2D eigenvalue weighted by Crippen LogP contribution is -2.25. The predicted molar refractivity (Wildman–Crippen MR) is 85.4 cm³/mol. The van der Waals surface area contributed by atoms with Crippen LogP contribution in [0.2, 0.25) is 0 Å². The number of para-hydroxylation sites is 2. The lowest BCUT2D eigenvalue weighted by atomic mass is 10.1. The molecule has 22 heavy (non-hydrogen) atoms. The molecular formula is C18H14N2O2. The van der Waals surface area contributed by atoms with Crippen molar-refractivity contribution in [2.45, 2.75) is 0 Å². The molecule has 2 aliphatic heterocycles. The first kappa shape index (κ1) is 12.8. The van der Waals surface area contributed by atoms with Gasteiger partial charge in [-0.3, -0.25) is 9.59 Å². The number of allylic oxidation sites excluding steroid dienone is 2. The lowest BCUT2D eigenvalue weighted by Gasteiger charge is -2.20. The van der Waals surface area contributed by atoms with Crippen molar-refractivity contribution in [3.05, 3.63) is 71.1 Å². The highest BCUT2D eigenvalue weighted by Gasteiger charge is 2.40. The van der Waals surface area contributed by atoms with Gasteiger partial charge >= 0.3 is 0 Å². The van der Waals surface area contributed by atoms with Crippen LogP contribution in [-0.2, 0) is 0 Å². The van der Waals surface area contributed by atoms with E-state index in [1.165, 1.54) is 0 Å². The summed E-state index contributed by atoms with van der Waals surface area (Å²) in [5, 5.41) is 0. The summed E-state index contributed by atoms with van der Waals surface area (Å²) in [5.74, 6) is -0.192. The van der Waals surface area contributed by atoms with Crippen molar-refractivity contribution in [2.75, 3.05) is 23.9 Å². The topological polar surface area (TPSA) is 40.6 Å². The summed E-state index contributed by atoms with van der Waals surface area (Å²) in [6.07, 6.45) is 0. The van der Waals surface area contributed by atoms with E-state index >= 15 is 0 Å². The highest BCUT2D eigenvalue weighted by atomic mass is 16.1. The first-order valence-electron chi connectivity index (χ1n) is 7.10. The van der Waals surface area contributed by atoms with Crippen LogP contribution in [-0.4, -0.2) is 25.7 Å². The lowest BCUT2D eigenvalue weighted by molar-refractivity contribution is 0.100. The Morgan fingerprint density at radius 3 is 1.36 bits per heavy atom. The maximum absolute atomic E-state index is 12.8. The number of Topliss-reactive ketones (excluding diaryl/α,β-unsaturated/α-hetero) is 2. The molecule has 108 valence electrons. The van der Waals surface area contributed by atoms with Crippen molar-refractivity contribution < 1.29 is 9.59 Å². The summed E-state index contributed by atoms with van der Waals surface area (Å²) in [5.41, 5.74) is 3.86. The van der Waals surface area contributed by atoms with Crippen molar-refractivity contribution >= 4 is 22.9 Å². The highest BCUT2D eigenvalue weighted by Crippen LogP contribution is 2.40. The molecule has 0 radical (unpaired) electrons. The van der Waals surface area contributed by atoms with Crippen LogP contribution in [0.15, 0.2) is 59.9 Å². The van der Waals surface area contributed by atoms with Gasteiger partial charge in [0, 0.05) is 25.2 Å². The molecule has 2 aliphatic rings. The third-order valence-electron chi connectivity index (χ3n) is 4.35. The number of fused-ring (bicyclic) bond motifs is 2. The zero-order valence-corrected chi connectivity index (χ0v) is 12.3. The van der Waals surface area contributed by atoms with Crippen molar-refractivity contribution in [1.29, 1.82) is 0 Å². The van der Waals surface area contributed by atoms with Crippen LogP contribution >= 0.6 is 0 Å². The number of rotatable bonds is 0. The van der Waals surface area contributed by atoms with Gasteiger partial charge in [-0.1, -0.05) is 24.3 Å². The molecule has 0 aromatic heterocycles. The van der Waals surface area contributed by atoms with Crippen molar-refractivity contribution in [3.8, 4) is 0 Å². The third-order valence-corrected chi connectivity index (χ3v) is 4.35. The minimum Gasteiger partial charge on any atom is -0.339 e. The molecule has 0 saturated carbocycles. The van der Waals surface area contributed by atoms with Crippen LogP contribution in [0, 0.1) is 0 Å². The number of ketones is 2. The van der Waals surface area contributed by atoms with Gasteiger partial charge in [0.25, 0.3) is 0 Å². The number of carbonyl (C=O) groups is 2. The summed E-state index contributed by atoms with van der Waals surface area (Å²) >= 11 is 0. The van der Waals surface area contributed by atoms with E-state index in [0.29, 0.717) is 22.5 Å². The van der Waals surface area contributed by atoms with Gasteiger partial charge in [0.15, 0.2) is 0 Å². The van der Waals surface area contributed by atoms with Gasteiger partial charge in [-0.2, -0.15) is 0 Å². The number of likely N-dealkylation sites (N-methyl/N-ethyl adjacent to an activating group) is 2. The summed E-state index contributed by atoms with van der Waals surface area (Å²) in [6.45, 7) is 0. The van der Waals surface area contributed by atoms with Gasteiger partial charge in [-0.15, -0.1) is 0 Å². The van der Waals surface area contributed by atoms with Crippen molar-refractivity contribution in [3.63, 3.8) is 0 Å². The van der Waals surface area contributed by atoms with Crippen LogP contribution in [0.4, 0.5) is 11.4 Å². The van der Waals surface area contributed by atoms with Crippen LogP contribution < -0.4 is 9.80 Å². The van der Waals surface area contributed by atoms with Gasteiger partial charge in [-0.25, -0.2) is 0 Å². The maximum atomic E-state index is 12.8. The smallest absolute Gasteiger partial charge is 0.213 e. The summed E-state index contributed by atoms with van der Waals surface area (Å²) in [6, 6.07) is 14.9. The fraction of sp³-hybridized carbons (Fsp3) is 0.111. The van der Waals surface area contributed by atoms with Gasteiger partial charge in [0.1, 0.15) is 11.4 Å². The van der Waals surface area contributed by atoms with Crippen LogP contribution in [0.5, 0.6) is 0 Å². The van der Waals surface area contributed by atoms with E-state index in [1.54, 1.807) is 12.1 Å². The monoisotopic (exact) mass is 290 g/mol. The van der Waals surface area contributed by atoms with Crippen LogP contribution in [0.25, 0.3) is 0 Å². The number of carbonyl (C=O) groups excluding carboxylic acids is 2. The van der Waals surface area contributed by atoms with E-state index in [-0.39, 0.29) is 11.6 Å². The van der Waals surface area contributed by atoms with E-state index in [1.807, 2.05) is 60.3 Å². The first-order chi connectivity index (χ1) is 10.6. The van der Waals surface area contributed by atoms with E-state index in [2.05, 4.69) is 0 Å². The SMILES string of the molecule is CN1C(=C2C(=O)c3ccccc3N2C)C(=O)c2ccccc21. The molecular weight excluding hydrogens is 276 g/mol. The Hall–Kier alpha value is -2.88. The Bertz CT molecular complexity index is 795. The van der Waals surface area contributed by atoms with Gasteiger partial charge in [0.2, 0.25) is 11.6 Å². The molecule has 4 nitrogen and oxygen atoms in total. The molecule has 4 heteroatoms. The molecule has 2 aromatic rings. The van der Waals surface area contributed by atoms with Crippen molar-refractivity contribution in [2.24, 2.45) is 0 Å². The molecule has 0 bridgehead atoms. The normalized spacial score (nSPS) is 19.7. The number of hydrogen-bond acceptors (Lipinski definition) is 4. The largest absolute Gasteiger partial charge is 0.339 e. The quantitative estimate of drug-likeness (QED) is 0.700. The standard InChI is InChI=1S/C18H14N2O2/c1-19-13-9-5-3-7-11(13)17(21)15(19)16-18(22)12-8-4-6-10-14(12)20(16)2/h3-10H,1-2H3. The minimum atomic E-state index is -0.0962. The Morgan fingerprint density at radius 2 is 1.00 bits per heavy atom. The van der Waals surface area contributed by atoms with Gasteiger partial charge in [0.05, 0.1) is 11.4 Å². The second-order valence-electron chi connectivity index (χ2n) is 5.51. The molecule has 0 unspecified atom stereocenters. The molecule has 2 aromatic carbocycles. The first-order valence-corrected chi connectivity index (χ1v) is 7.10. The Kier molecular flexibility index (Phi) is 2.51. The zero-order chi connectivity index (χ0) is 15.4. The fourth-order valence-electron chi connectivity index (χ4n) is 3.25. The average Bonchev–Trinajstić information content (AvgIpc) is 2.94. The molecule has 4 rings (SSSR count). The molecule has 0 fully saturated rings. The summed E-state index contributed by atoms with van der Waals surface area (Å²) < 4.78 is 0. The molecule has 0 atom stereocenters. The Labute approximate surface area is 128 Å². The highest BCUT2D eigenvalue weighted by molar-refractivity contribution is 6.28. The molecule has 0 amide bonds. The average molecular weight is 290 g/mol. The Morgan fingerprint density at radius 1 is 0.636 bits per heavy atom. The second-order valence-corrected chi connectivity index (χ2v) is 5.51. The van der Waals surface area contributed by atoms with Crippen LogP contribution in [0.1, 0.15) is 20.7 Å². The minimum absolute atomic E-state index is 0.0962. The van der Waals surface area contributed by atoms with Crippen molar-refractivity contribution in [1.82, 2.24) is 0 Å². The summed E-state index contributed by atoms with van der Waals surface area (Å²) in [7, 11) is 3.66. The number of nitrogens with zero attached hydrogens (tertiary/aromatic N) is 2. The molecule has 2 heterocycles. The van der Waals surface area contributed by atoms with E-state index < -0.39 is 0 Å². The van der Waals surface area contributed by atoms with Gasteiger partial charge < -0.3 is 9.80 Å². The van der Waals surface area contributed by atoms with Gasteiger partial charge in [-0.05, 0) is 24.3 Å². The zero-order valence-electron chi connectivity index (χ0n) is 12.3. The maximum Gasteiger partial charge on any atom is 0.213 e. The fourth-order valence-corrected chi connectivity index (χ4v) is 3.25. The number of benzene rings is 2. The van der Waals surface area contributed by atoms with E-state index in [9.17, 15) is 9.59 Å². The number of anilines is 2. The molecule has 0 spiro atoms. The van der Waals surface area contributed by atoms with E-state index in [0.717, 1.165) is 11.4 Å².